The van der Waals surface area contributed by atoms with Crippen molar-refractivity contribution in [1.29, 1.82) is 0 Å². The van der Waals surface area contributed by atoms with Crippen LogP contribution in [0.5, 0.6) is 0 Å². The third kappa shape index (κ3) is 2.89. The average Bonchev–Trinajstić information content (AvgIpc) is 2.92. The molecule has 0 saturated carbocycles. The van der Waals surface area contributed by atoms with Gasteiger partial charge in [-0.15, -0.1) is 0 Å². The zero-order valence-corrected chi connectivity index (χ0v) is 12.5. The van der Waals surface area contributed by atoms with Crippen LogP contribution in [0.25, 0.3) is 0 Å². The largest absolute Gasteiger partial charge is 0.463 e. The molecule has 1 aromatic rings. The quantitative estimate of drug-likeness (QED) is 0.796. The van der Waals surface area contributed by atoms with Crippen LogP contribution in [0.2, 0.25) is 0 Å². The number of rotatable bonds is 4. The molecule has 112 valence electrons. The number of esters is 1. The van der Waals surface area contributed by atoms with E-state index in [0.29, 0.717) is 6.61 Å². The predicted molar refractivity (Wildman–Crippen MR) is 81.3 cm³/mol. The average molecular weight is 286 g/mol. The molecule has 2 heterocycles. The van der Waals surface area contributed by atoms with Gasteiger partial charge in [0.1, 0.15) is 5.82 Å². The molecule has 2 aliphatic heterocycles. The first-order chi connectivity index (χ1) is 10.3. The molecule has 1 saturated heterocycles. The van der Waals surface area contributed by atoms with E-state index in [1.165, 1.54) is 5.56 Å². The fourth-order valence-corrected chi connectivity index (χ4v) is 3.18. The van der Waals surface area contributed by atoms with E-state index in [4.69, 9.17) is 4.74 Å². The molecule has 0 aliphatic carbocycles. The van der Waals surface area contributed by atoms with Gasteiger partial charge in [0.25, 0.3) is 0 Å². The standard InChI is InChI=1S/C17H22N2O2/c1-2-21-17(20)15-9-6-10-18-11-12-19(16(15)18)13-14-7-4-3-5-8-14/h3-5,7-8H,2,6,9-13H2,1H3. The first kappa shape index (κ1) is 14.0. The summed E-state index contributed by atoms with van der Waals surface area (Å²) in [5.74, 6) is 0.959. The Kier molecular flexibility index (Phi) is 4.13. The minimum Gasteiger partial charge on any atom is -0.463 e. The topological polar surface area (TPSA) is 32.8 Å². The van der Waals surface area contributed by atoms with Gasteiger partial charge in [0, 0.05) is 26.2 Å². The van der Waals surface area contributed by atoms with E-state index in [0.717, 1.165) is 50.4 Å². The normalized spacial score (nSPS) is 18.0. The van der Waals surface area contributed by atoms with Gasteiger partial charge in [0.2, 0.25) is 0 Å². The molecule has 4 nitrogen and oxygen atoms in total. The van der Waals surface area contributed by atoms with E-state index in [2.05, 4.69) is 34.1 Å². The van der Waals surface area contributed by atoms with Gasteiger partial charge in [-0.25, -0.2) is 4.79 Å². The summed E-state index contributed by atoms with van der Waals surface area (Å²) in [6, 6.07) is 10.4. The number of ether oxygens (including phenoxy) is 1. The van der Waals surface area contributed by atoms with Crippen molar-refractivity contribution >= 4 is 5.97 Å². The lowest BCUT2D eigenvalue weighted by Crippen LogP contribution is -2.31. The van der Waals surface area contributed by atoms with Crippen LogP contribution in [0.1, 0.15) is 25.3 Å². The van der Waals surface area contributed by atoms with Crippen molar-refractivity contribution in [3.05, 3.63) is 47.3 Å². The lowest BCUT2D eigenvalue weighted by atomic mass is 10.1. The van der Waals surface area contributed by atoms with E-state index in [9.17, 15) is 4.79 Å². The SMILES string of the molecule is CCOC(=O)C1=C2N(CCC1)CCN2Cc1ccccc1. The summed E-state index contributed by atoms with van der Waals surface area (Å²) in [7, 11) is 0. The van der Waals surface area contributed by atoms with Crippen molar-refractivity contribution in [3.63, 3.8) is 0 Å². The van der Waals surface area contributed by atoms with Crippen LogP contribution in [-0.4, -0.2) is 42.0 Å². The number of benzene rings is 1. The molecule has 0 atom stereocenters. The van der Waals surface area contributed by atoms with Crippen molar-refractivity contribution in [2.75, 3.05) is 26.2 Å². The molecule has 0 amide bonds. The van der Waals surface area contributed by atoms with Gasteiger partial charge in [-0.05, 0) is 25.3 Å². The molecule has 0 unspecified atom stereocenters. The summed E-state index contributed by atoms with van der Waals surface area (Å²) in [6.45, 7) is 6.19. The van der Waals surface area contributed by atoms with Crippen LogP contribution in [0.3, 0.4) is 0 Å². The molecule has 21 heavy (non-hydrogen) atoms. The summed E-state index contributed by atoms with van der Waals surface area (Å²) in [5, 5.41) is 0. The first-order valence-corrected chi connectivity index (χ1v) is 7.73. The van der Waals surface area contributed by atoms with E-state index < -0.39 is 0 Å². The monoisotopic (exact) mass is 286 g/mol. The Morgan fingerprint density at radius 1 is 1.19 bits per heavy atom. The second kappa shape index (κ2) is 6.20. The third-order valence-corrected chi connectivity index (χ3v) is 4.10. The van der Waals surface area contributed by atoms with Gasteiger partial charge in [0.05, 0.1) is 12.2 Å². The van der Waals surface area contributed by atoms with Gasteiger partial charge in [-0.2, -0.15) is 0 Å². The molecule has 0 aromatic heterocycles. The number of hydrogen-bond donors (Lipinski definition) is 0. The smallest absolute Gasteiger partial charge is 0.337 e. The summed E-state index contributed by atoms with van der Waals surface area (Å²) in [4.78, 5) is 16.9. The molecule has 0 spiro atoms. The van der Waals surface area contributed by atoms with E-state index in [-0.39, 0.29) is 5.97 Å². The lowest BCUT2D eigenvalue weighted by Gasteiger charge is -2.31. The molecule has 0 N–H and O–H groups in total. The Labute approximate surface area is 126 Å². The minimum absolute atomic E-state index is 0.142. The van der Waals surface area contributed by atoms with Crippen molar-refractivity contribution in [2.45, 2.75) is 26.3 Å². The highest BCUT2D eigenvalue weighted by atomic mass is 16.5. The molecule has 0 bridgehead atoms. The number of carbonyl (C=O) groups excluding carboxylic acids is 1. The minimum atomic E-state index is -0.142. The maximum absolute atomic E-state index is 12.2. The van der Waals surface area contributed by atoms with Gasteiger partial charge in [-0.3, -0.25) is 0 Å². The molecule has 1 fully saturated rings. The Balaban J connectivity index is 1.85. The van der Waals surface area contributed by atoms with Crippen LogP contribution < -0.4 is 0 Å². The number of nitrogens with zero attached hydrogens (tertiary/aromatic N) is 2. The van der Waals surface area contributed by atoms with Crippen molar-refractivity contribution in [3.8, 4) is 0 Å². The summed E-state index contributed by atoms with van der Waals surface area (Å²) in [5.41, 5.74) is 2.14. The van der Waals surface area contributed by atoms with Crippen molar-refractivity contribution < 1.29 is 9.53 Å². The van der Waals surface area contributed by atoms with Crippen LogP contribution in [0, 0.1) is 0 Å². The van der Waals surface area contributed by atoms with Crippen LogP contribution >= 0.6 is 0 Å². The molecule has 0 radical (unpaired) electrons. The van der Waals surface area contributed by atoms with Gasteiger partial charge in [0.15, 0.2) is 0 Å². The molecule has 3 rings (SSSR count). The van der Waals surface area contributed by atoms with Crippen LogP contribution in [0.4, 0.5) is 0 Å². The Hall–Kier alpha value is -1.97. The second-order valence-corrected chi connectivity index (χ2v) is 5.52. The summed E-state index contributed by atoms with van der Waals surface area (Å²) < 4.78 is 5.24. The maximum Gasteiger partial charge on any atom is 0.337 e. The predicted octanol–water partition coefficient (Wildman–Crippen LogP) is 2.37. The Morgan fingerprint density at radius 2 is 2.00 bits per heavy atom. The fraction of sp³-hybridized carbons (Fsp3) is 0.471. The molecule has 1 aromatic carbocycles. The molecule has 2 aliphatic rings. The zero-order chi connectivity index (χ0) is 14.7. The van der Waals surface area contributed by atoms with Gasteiger partial charge in [-0.1, -0.05) is 30.3 Å². The van der Waals surface area contributed by atoms with Crippen LogP contribution in [0.15, 0.2) is 41.7 Å². The third-order valence-electron chi connectivity index (χ3n) is 4.10. The molecular weight excluding hydrogens is 264 g/mol. The zero-order valence-electron chi connectivity index (χ0n) is 12.5. The number of carbonyl (C=O) groups is 1. The van der Waals surface area contributed by atoms with E-state index >= 15 is 0 Å². The molecule has 4 heteroatoms. The van der Waals surface area contributed by atoms with E-state index in [1.54, 1.807) is 0 Å². The van der Waals surface area contributed by atoms with E-state index in [1.807, 2.05) is 13.0 Å². The Morgan fingerprint density at radius 3 is 2.76 bits per heavy atom. The number of hydrogen-bond acceptors (Lipinski definition) is 4. The lowest BCUT2D eigenvalue weighted by molar-refractivity contribution is -0.139. The first-order valence-electron chi connectivity index (χ1n) is 7.73. The van der Waals surface area contributed by atoms with Crippen molar-refractivity contribution in [2.24, 2.45) is 0 Å². The maximum atomic E-state index is 12.2. The van der Waals surface area contributed by atoms with Crippen molar-refractivity contribution in [1.82, 2.24) is 9.80 Å². The Bertz CT molecular complexity index is 539. The van der Waals surface area contributed by atoms with Gasteiger partial charge < -0.3 is 14.5 Å². The van der Waals surface area contributed by atoms with Crippen LogP contribution in [-0.2, 0) is 16.1 Å². The fourth-order valence-electron chi connectivity index (χ4n) is 3.18. The second-order valence-electron chi connectivity index (χ2n) is 5.52. The number of fused-ring (bicyclic) bond motifs is 1. The highest BCUT2D eigenvalue weighted by Crippen LogP contribution is 2.31. The van der Waals surface area contributed by atoms with Gasteiger partial charge >= 0.3 is 5.97 Å². The molecular formula is C17H22N2O2. The summed E-state index contributed by atoms with van der Waals surface area (Å²) in [6.07, 6.45) is 1.87. The highest BCUT2D eigenvalue weighted by Gasteiger charge is 2.33. The summed E-state index contributed by atoms with van der Waals surface area (Å²) >= 11 is 0. The highest BCUT2D eigenvalue weighted by molar-refractivity contribution is 5.89.